The maximum atomic E-state index is 12.6. The summed E-state index contributed by atoms with van der Waals surface area (Å²) < 4.78 is 10.1. The Kier molecular flexibility index (Phi) is 7.31. The van der Waals surface area contributed by atoms with Gasteiger partial charge in [-0.3, -0.25) is 14.4 Å². The van der Waals surface area contributed by atoms with Gasteiger partial charge in [0.1, 0.15) is 13.2 Å². The molecule has 158 valence electrons. The van der Waals surface area contributed by atoms with E-state index < -0.39 is 11.9 Å². The summed E-state index contributed by atoms with van der Waals surface area (Å²) in [6.07, 6.45) is 1.49. The molecule has 31 heavy (non-hydrogen) atoms. The minimum atomic E-state index is -0.555. The molecule has 0 aliphatic heterocycles. The molecule has 3 aromatic rings. The Morgan fingerprint density at radius 1 is 0.903 bits per heavy atom. The van der Waals surface area contributed by atoms with E-state index in [-0.39, 0.29) is 12.5 Å². The van der Waals surface area contributed by atoms with Gasteiger partial charge >= 0.3 is 5.97 Å². The molecule has 0 aliphatic rings. The van der Waals surface area contributed by atoms with Gasteiger partial charge in [-0.2, -0.15) is 0 Å². The highest BCUT2D eigenvalue weighted by Crippen LogP contribution is 2.15. The molecule has 0 atom stereocenters. The van der Waals surface area contributed by atoms with Crippen LogP contribution in [0.5, 0.6) is 5.88 Å². The number of esters is 1. The van der Waals surface area contributed by atoms with E-state index in [0.29, 0.717) is 29.3 Å². The molecule has 0 radical (unpaired) electrons. The highest BCUT2D eigenvalue weighted by molar-refractivity contribution is 6.05. The lowest BCUT2D eigenvalue weighted by atomic mass is 10.1. The summed E-state index contributed by atoms with van der Waals surface area (Å²) in [6, 6.07) is 19.1. The van der Waals surface area contributed by atoms with Crippen LogP contribution < -0.4 is 15.4 Å². The predicted molar refractivity (Wildman–Crippen MR) is 114 cm³/mol. The maximum absolute atomic E-state index is 12.6. The normalized spacial score (nSPS) is 10.1. The molecule has 0 aliphatic carbocycles. The number of anilines is 1. The molecule has 0 bridgehead atoms. The van der Waals surface area contributed by atoms with Crippen molar-refractivity contribution in [2.75, 3.05) is 19.0 Å². The zero-order valence-corrected chi connectivity index (χ0v) is 16.8. The molecular formula is C23H21N3O5. The minimum absolute atomic E-state index is 0.241. The van der Waals surface area contributed by atoms with Gasteiger partial charge in [0.25, 0.3) is 11.8 Å². The van der Waals surface area contributed by atoms with Crippen molar-refractivity contribution in [3.05, 3.63) is 89.6 Å². The van der Waals surface area contributed by atoms with Gasteiger partial charge < -0.3 is 20.1 Å². The standard InChI is InChI=1S/C23H21N3O5/c1-30-21(27)14-25-22(28)17-8-5-9-19(12-17)26-23(29)18-10-11-24-20(13-18)31-15-16-6-3-2-4-7-16/h2-13H,14-15H2,1H3,(H,25,28)(H,26,29). The van der Waals surface area contributed by atoms with E-state index in [1.165, 1.54) is 19.4 Å². The second-order valence-electron chi connectivity index (χ2n) is 6.45. The fraction of sp³-hybridized carbons (Fsp3) is 0.130. The van der Waals surface area contributed by atoms with Gasteiger partial charge in [-0.25, -0.2) is 4.98 Å². The number of aromatic nitrogens is 1. The van der Waals surface area contributed by atoms with Crippen molar-refractivity contribution in [1.82, 2.24) is 10.3 Å². The minimum Gasteiger partial charge on any atom is -0.473 e. The second-order valence-corrected chi connectivity index (χ2v) is 6.45. The summed E-state index contributed by atoms with van der Waals surface area (Å²) in [5.74, 6) is -1.06. The molecule has 1 aromatic heterocycles. The fourth-order valence-corrected chi connectivity index (χ4v) is 2.63. The number of benzene rings is 2. The lowest BCUT2D eigenvalue weighted by Crippen LogP contribution is -2.30. The molecule has 0 saturated carbocycles. The molecule has 2 aromatic carbocycles. The largest absolute Gasteiger partial charge is 0.473 e. The molecular weight excluding hydrogens is 398 g/mol. The van der Waals surface area contributed by atoms with Crippen molar-refractivity contribution in [2.24, 2.45) is 0 Å². The third-order valence-electron chi connectivity index (χ3n) is 4.23. The third kappa shape index (κ3) is 6.40. The lowest BCUT2D eigenvalue weighted by Gasteiger charge is -2.09. The van der Waals surface area contributed by atoms with Gasteiger partial charge in [-0.1, -0.05) is 36.4 Å². The Morgan fingerprint density at radius 3 is 2.45 bits per heavy atom. The van der Waals surface area contributed by atoms with Crippen LogP contribution in [0.1, 0.15) is 26.3 Å². The zero-order valence-electron chi connectivity index (χ0n) is 16.8. The Labute approximate surface area is 179 Å². The van der Waals surface area contributed by atoms with Crippen LogP contribution in [0.25, 0.3) is 0 Å². The number of ether oxygens (including phenoxy) is 2. The van der Waals surface area contributed by atoms with Crippen molar-refractivity contribution in [1.29, 1.82) is 0 Å². The number of rotatable bonds is 8. The number of hydrogen-bond acceptors (Lipinski definition) is 6. The van der Waals surface area contributed by atoms with E-state index in [0.717, 1.165) is 5.56 Å². The van der Waals surface area contributed by atoms with E-state index in [2.05, 4.69) is 20.4 Å². The highest BCUT2D eigenvalue weighted by Gasteiger charge is 2.12. The van der Waals surface area contributed by atoms with E-state index in [1.54, 1.807) is 30.3 Å². The van der Waals surface area contributed by atoms with Crippen LogP contribution in [0.3, 0.4) is 0 Å². The first-order valence-corrected chi connectivity index (χ1v) is 9.44. The lowest BCUT2D eigenvalue weighted by molar-refractivity contribution is -0.139. The second kappa shape index (κ2) is 10.5. The monoisotopic (exact) mass is 419 g/mol. The first kappa shape index (κ1) is 21.5. The molecule has 3 rings (SSSR count). The van der Waals surface area contributed by atoms with Crippen molar-refractivity contribution in [3.63, 3.8) is 0 Å². The van der Waals surface area contributed by atoms with Gasteiger partial charge in [-0.15, -0.1) is 0 Å². The van der Waals surface area contributed by atoms with E-state index >= 15 is 0 Å². The fourth-order valence-electron chi connectivity index (χ4n) is 2.63. The van der Waals surface area contributed by atoms with Crippen LogP contribution in [0.2, 0.25) is 0 Å². The van der Waals surface area contributed by atoms with Crippen LogP contribution in [-0.4, -0.2) is 36.4 Å². The summed E-state index contributed by atoms with van der Waals surface area (Å²) in [5, 5.41) is 5.18. The average molecular weight is 419 g/mol. The maximum Gasteiger partial charge on any atom is 0.325 e. The van der Waals surface area contributed by atoms with Crippen LogP contribution in [-0.2, 0) is 16.1 Å². The van der Waals surface area contributed by atoms with E-state index in [1.807, 2.05) is 30.3 Å². The topological polar surface area (TPSA) is 107 Å². The van der Waals surface area contributed by atoms with Gasteiger partial charge in [-0.05, 0) is 29.8 Å². The number of nitrogens with zero attached hydrogens (tertiary/aromatic N) is 1. The van der Waals surface area contributed by atoms with Crippen LogP contribution >= 0.6 is 0 Å². The SMILES string of the molecule is COC(=O)CNC(=O)c1cccc(NC(=O)c2ccnc(OCc3ccccc3)c2)c1. The summed E-state index contributed by atoms with van der Waals surface area (Å²) in [6.45, 7) is 0.0936. The number of carbonyl (C=O) groups is 3. The number of carbonyl (C=O) groups excluding carboxylic acids is 3. The third-order valence-corrected chi connectivity index (χ3v) is 4.23. The zero-order chi connectivity index (χ0) is 22.1. The summed E-state index contributed by atoms with van der Waals surface area (Å²) in [5.41, 5.74) is 2.07. The van der Waals surface area contributed by atoms with E-state index in [9.17, 15) is 14.4 Å². The molecule has 2 N–H and O–H groups in total. The van der Waals surface area contributed by atoms with Crippen molar-refractivity contribution >= 4 is 23.5 Å². The molecule has 8 nitrogen and oxygen atoms in total. The van der Waals surface area contributed by atoms with Crippen molar-refractivity contribution < 1.29 is 23.9 Å². The summed E-state index contributed by atoms with van der Waals surface area (Å²) in [4.78, 5) is 40.1. The quantitative estimate of drug-likeness (QED) is 0.544. The molecule has 2 amide bonds. The number of pyridine rings is 1. The molecule has 1 heterocycles. The van der Waals surface area contributed by atoms with Gasteiger partial charge in [0.15, 0.2) is 0 Å². The summed E-state index contributed by atoms with van der Waals surface area (Å²) >= 11 is 0. The Balaban J connectivity index is 1.62. The van der Waals surface area contributed by atoms with E-state index in [4.69, 9.17) is 4.74 Å². The van der Waals surface area contributed by atoms with Gasteiger partial charge in [0, 0.05) is 29.1 Å². The van der Waals surface area contributed by atoms with Gasteiger partial charge in [0.05, 0.1) is 7.11 Å². The molecule has 0 fully saturated rings. The number of nitrogens with one attached hydrogen (secondary N) is 2. The van der Waals surface area contributed by atoms with Crippen LogP contribution in [0.15, 0.2) is 72.9 Å². The van der Waals surface area contributed by atoms with Crippen molar-refractivity contribution in [3.8, 4) is 5.88 Å². The average Bonchev–Trinajstić information content (AvgIpc) is 2.82. The first-order valence-electron chi connectivity index (χ1n) is 9.44. The molecule has 0 spiro atoms. The number of amides is 2. The Hall–Kier alpha value is -4.20. The van der Waals surface area contributed by atoms with Gasteiger partial charge in [0.2, 0.25) is 5.88 Å². The number of hydrogen-bond donors (Lipinski definition) is 2. The smallest absolute Gasteiger partial charge is 0.325 e. The number of methoxy groups -OCH3 is 1. The predicted octanol–water partition coefficient (Wildman–Crippen LogP) is 2.82. The summed E-state index contributed by atoms with van der Waals surface area (Å²) in [7, 11) is 1.24. The Morgan fingerprint density at radius 2 is 1.68 bits per heavy atom. The molecule has 0 unspecified atom stereocenters. The Bertz CT molecular complexity index is 1070. The molecule has 0 saturated heterocycles. The molecule has 8 heteroatoms. The highest BCUT2D eigenvalue weighted by atomic mass is 16.5. The van der Waals surface area contributed by atoms with Crippen molar-refractivity contribution in [2.45, 2.75) is 6.61 Å². The van der Waals surface area contributed by atoms with Crippen LogP contribution in [0.4, 0.5) is 5.69 Å². The first-order chi connectivity index (χ1) is 15.0. The van der Waals surface area contributed by atoms with Crippen LogP contribution in [0, 0.1) is 0 Å².